The Balaban J connectivity index is 1.58. The van der Waals surface area contributed by atoms with Crippen molar-refractivity contribution in [3.63, 3.8) is 0 Å². The van der Waals surface area contributed by atoms with Crippen molar-refractivity contribution in [2.45, 2.75) is 45.4 Å². The van der Waals surface area contributed by atoms with Crippen molar-refractivity contribution in [2.75, 3.05) is 0 Å². The molecule has 0 amide bonds. The summed E-state index contributed by atoms with van der Waals surface area (Å²) in [6.07, 6.45) is 3.46. The highest BCUT2D eigenvalue weighted by molar-refractivity contribution is 5.89. The molecule has 0 atom stereocenters. The lowest BCUT2D eigenvalue weighted by Crippen LogP contribution is -2.13. The normalized spacial score (nSPS) is 13.6. The van der Waals surface area contributed by atoms with Crippen LogP contribution in [0.4, 0.5) is 0 Å². The lowest BCUT2D eigenvalue weighted by atomic mass is 9.83. The Kier molecular flexibility index (Phi) is 3.85. The van der Waals surface area contributed by atoms with Crippen molar-refractivity contribution in [3.05, 3.63) is 58.8 Å². The Morgan fingerprint density at radius 2 is 1.97 bits per heavy atom. The molecule has 5 nitrogen and oxygen atoms in total. The summed E-state index contributed by atoms with van der Waals surface area (Å²) in [7, 11) is 0. The van der Waals surface area contributed by atoms with Gasteiger partial charge in [-0.05, 0) is 72.2 Å². The van der Waals surface area contributed by atoms with Crippen molar-refractivity contribution >= 4 is 10.9 Å². The maximum Gasteiger partial charge on any atom is 0.258 e. The molecule has 0 aliphatic heterocycles. The number of nitrogens with zero attached hydrogens (tertiary/aromatic N) is 3. The summed E-state index contributed by atoms with van der Waals surface area (Å²) in [6.45, 7) is 6.35. The quantitative estimate of drug-likeness (QED) is 0.493. The number of rotatable bonds is 2. The van der Waals surface area contributed by atoms with Crippen LogP contribution < -0.4 is 0 Å². The average Bonchev–Trinajstić information content (AvgIpc) is 3.42. The van der Waals surface area contributed by atoms with Gasteiger partial charge in [-0.1, -0.05) is 25.9 Å². The molecule has 5 rings (SSSR count). The zero-order chi connectivity index (χ0) is 20.2. The van der Waals surface area contributed by atoms with Gasteiger partial charge in [-0.25, -0.2) is 0 Å². The van der Waals surface area contributed by atoms with Crippen LogP contribution in [0.5, 0.6) is 0 Å². The summed E-state index contributed by atoms with van der Waals surface area (Å²) in [5.41, 5.74) is 7.28. The molecule has 0 fully saturated rings. The van der Waals surface area contributed by atoms with E-state index in [4.69, 9.17) is 9.51 Å². The molecule has 0 unspecified atom stereocenters. The standard InChI is InChI=1S/C24H22N4O/c1-24(2,3)19-11-14(13-25)7-9-17(19)23-27-22(28-29-23)15-8-10-21-18(12-15)16-5-4-6-20(16)26-21/h7-12,26H,4-6H2,1-3H3. The number of nitrogens with one attached hydrogen (secondary N) is 1. The first-order valence-corrected chi connectivity index (χ1v) is 9.96. The Morgan fingerprint density at radius 3 is 2.76 bits per heavy atom. The fourth-order valence-corrected chi connectivity index (χ4v) is 4.25. The second-order valence-corrected chi connectivity index (χ2v) is 8.74. The van der Waals surface area contributed by atoms with Crippen LogP contribution in [-0.4, -0.2) is 15.1 Å². The fourth-order valence-electron chi connectivity index (χ4n) is 4.25. The number of hydrogen-bond donors (Lipinski definition) is 1. The Hall–Kier alpha value is -3.39. The third kappa shape index (κ3) is 2.92. The van der Waals surface area contributed by atoms with E-state index in [1.54, 1.807) is 6.07 Å². The minimum absolute atomic E-state index is 0.151. The van der Waals surface area contributed by atoms with Gasteiger partial charge in [0.05, 0.1) is 11.6 Å². The maximum atomic E-state index is 9.27. The maximum absolute atomic E-state index is 9.27. The number of aryl methyl sites for hydroxylation is 2. The topological polar surface area (TPSA) is 78.5 Å². The number of aromatic amines is 1. The SMILES string of the molecule is CC(C)(C)c1cc(C#N)ccc1-c1nc(-c2ccc3[nH]c4c(c3c2)CCC4)no1. The summed E-state index contributed by atoms with van der Waals surface area (Å²) >= 11 is 0. The molecule has 1 aliphatic rings. The van der Waals surface area contributed by atoms with Crippen LogP contribution in [0, 0.1) is 11.3 Å². The van der Waals surface area contributed by atoms with Gasteiger partial charge >= 0.3 is 0 Å². The van der Waals surface area contributed by atoms with E-state index < -0.39 is 0 Å². The van der Waals surface area contributed by atoms with E-state index in [0.29, 0.717) is 17.3 Å². The number of nitriles is 1. The van der Waals surface area contributed by atoms with Crippen molar-refractivity contribution < 1.29 is 4.52 Å². The molecule has 4 aromatic rings. The first kappa shape index (κ1) is 17.7. The molecule has 1 N–H and O–H groups in total. The molecular weight excluding hydrogens is 360 g/mol. The summed E-state index contributed by atoms with van der Waals surface area (Å²) in [5.74, 6) is 1.06. The zero-order valence-electron chi connectivity index (χ0n) is 16.8. The monoisotopic (exact) mass is 382 g/mol. The van der Waals surface area contributed by atoms with E-state index in [-0.39, 0.29) is 5.41 Å². The van der Waals surface area contributed by atoms with Crippen LogP contribution in [0.25, 0.3) is 33.7 Å². The van der Waals surface area contributed by atoms with Gasteiger partial charge in [0.2, 0.25) is 5.82 Å². The van der Waals surface area contributed by atoms with E-state index in [0.717, 1.165) is 29.5 Å². The number of fused-ring (bicyclic) bond motifs is 3. The number of hydrogen-bond acceptors (Lipinski definition) is 4. The summed E-state index contributed by atoms with van der Waals surface area (Å²) in [4.78, 5) is 8.22. The fraction of sp³-hybridized carbons (Fsp3) is 0.292. The molecule has 5 heteroatoms. The summed E-state index contributed by atoms with van der Waals surface area (Å²) in [6, 6.07) is 14.1. The minimum Gasteiger partial charge on any atom is -0.358 e. The summed E-state index contributed by atoms with van der Waals surface area (Å²) in [5, 5.41) is 14.8. The highest BCUT2D eigenvalue weighted by Crippen LogP contribution is 2.35. The lowest BCUT2D eigenvalue weighted by Gasteiger charge is -2.21. The highest BCUT2D eigenvalue weighted by atomic mass is 16.5. The van der Waals surface area contributed by atoms with E-state index in [1.807, 2.05) is 18.2 Å². The van der Waals surface area contributed by atoms with E-state index in [9.17, 15) is 5.26 Å². The number of benzene rings is 2. The Labute approximate surface area is 169 Å². The average molecular weight is 382 g/mol. The van der Waals surface area contributed by atoms with Crippen LogP contribution >= 0.6 is 0 Å². The molecule has 2 heterocycles. The van der Waals surface area contributed by atoms with Crippen LogP contribution in [0.1, 0.15) is 49.6 Å². The predicted octanol–water partition coefficient (Wildman–Crippen LogP) is 5.54. The molecule has 1 aliphatic carbocycles. The van der Waals surface area contributed by atoms with Crippen LogP contribution in [-0.2, 0) is 18.3 Å². The van der Waals surface area contributed by atoms with Crippen molar-refractivity contribution in [1.82, 2.24) is 15.1 Å². The third-order valence-corrected chi connectivity index (χ3v) is 5.72. The van der Waals surface area contributed by atoms with E-state index >= 15 is 0 Å². The van der Waals surface area contributed by atoms with Crippen LogP contribution in [0.2, 0.25) is 0 Å². The molecule has 0 spiro atoms. The van der Waals surface area contributed by atoms with Gasteiger partial charge in [0.15, 0.2) is 0 Å². The number of aromatic nitrogens is 3. The first-order valence-electron chi connectivity index (χ1n) is 9.96. The Morgan fingerprint density at radius 1 is 1.10 bits per heavy atom. The van der Waals surface area contributed by atoms with Crippen molar-refractivity contribution in [3.8, 4) is 28.9 Å². The molecular formula is C24H22N4O. The third-order valence-electron chi connectivity index (χ3n) is 5.72. The van der Waals surface area contributed by atoms with Crippen LogP contribution in [0.3, 0.4) is 0 Å². The second-order valence-electron chi connectivity index (χ2n) is 8.74. The molecule has 0 saturated carbocycles. The van der Waals surface area contributed by atoms with Gasteiger partial charge in [-0.2, -0.15) is 10.2 Å². The van der Waals surface area contributed by atoms with Gasteiger partial charge in [0, 0.05) is 27.7 Å². The van der Waals surface area contributed by atoms with E-state index in [1.165, 1.54) is 28.6 Å². The first-order chi connectivity index (χ1) is 13.9. The molecule has 0 bridgehead atoms. The smallest absolute Gasteiger partial charge is 0.258 e. The summed E-state index contributed by atoms with van der Waals surface area (Å²) < 4.78 is 5.65. The predicted molar refractivity (Wildman–Crippen MR) is 112 cm³/mol. The molecule has 0 radical (unpaired) electrons. The van der Waals surface area contributed by atoms with Gasteiger partial charge in [-0.3, -0.25) is 0 Å². The van der Waals surface area contributed by atoms with Crippen molar-refractivity contribution in [1.29, 1.82) is 5.26 Å². The van der Waals surface area contributed by atoms with Crippen LogP contribution in [0.15, 0.2) is 40.9 Å². The largest absolute Gasteiger partial charge is 0.358 e. The molecule has 0 saturated heterocycles. The van der Waals surface area contributed by atoms with Gasteiger partial charge in [0.25, 0.3) is 5.89 Å². The Bertz CT molecular complexity index is 1280. The van der Waals surface area contributed by atoms with Gasteiger partial charge < -0.3 is 9.51 Å². The molecule has 2 aromatic heterocycles. The minimum atomic E-state index is -0.151. The van der Waals surface area contributed by atoms with Gasteiger partial charge in [0.1, 0.15) is 0 Å². The highest BCUT2D eigenvalue weighted by Gasteiger charge is 2.23. The molecule has 29 heavy (non-hydrogen) atoms. The van der Waals surface area contributed by atoms with Gasteiger partial charge in [-0.15, -0.1) is 0 Å². The zero-order valence-corrected chi connectivity index (χ0v) is 16.8. The second kappa shape index (κ2) is 6.31. The molecule has 2 aromatic carbocycles. The lowest BCUT2D eigenvalue weighted by molar-refractivity contribution is 0.430. The number of H-pyrrole nitrogens is 1. The van der Waals surface area contributed by atoms with Crippen molar-refractivity contribution in [2.24, 2.45) is 0 Å². The van der Waals surface area contributed by atoms with E-state index in [2.05, 4.69) is 49.1 Å². The molecule has 144 valence electrons.